The maximum atomic E-state index is 5.80. The summed E-state index contributed by atoms with van der Waals surface area (Å²) in [5.74, 6) is 0. The quantitative estimate of drug-likeness (QED) is 0.693. The van der Waals surface area contributed by atoms with E-state index in [1.165, 1.54) is 5.56 Å². The Hall–Kier alpha value is 0.618. The van der Waals surface area contributed by atoms with Gasteiger partial charge in [-0.3, -0.25) is 0 Å². The van der Waals surface area contributed by atoms with E-state index in [0.29, 0.717) is 0 Å². The van der Waals surface area contributed by atoms with E-state index < -0.39 is 17.9 Å². The number of hydrogen-bond acceptors (Lipinski definition) is 0. The van der Waals surface area contributed by atoms with Gasteiger partial charge in [-0.1, -0.05) is 0 Å². The van der Waals surface area contributed by atoms with Gasteiger partial charge in [0.25, 0.3) is 0 Å². The van der Waals surface area contributed by atoms with E-state index in [1.54, 1.807) is 0 Å². The van der Waals surface area contributed by atoms with Gasteiger partial charge in [0.2, 0.25) is 0 Å². The van der Waals surface area contributed by atoms with Crippen LogP contribution in [0.15, 0.2) is 24.3 Å². The summed E-state index contributed by atoms with van der Waals surface area (Å²) < 4.78 is 1.14. The van der Waals surface area contributed by atoms with E-state index in [-0.39, 0.29) is 0 Å². The predicted octanol–water partition coefficient (Wildman–Crippen LogP) is 2.17. The van der Waals surface area contributed by atoms with Crippen molar-refractivity contribution in [2.75, 3.05) is 0 Å². The molecule has 0 atom stereocenters. The molecule has 0 aliphatic carbocycles. The maximum absolute atomic E-state index is 5.80. The van der Waals surface area contributed by atoms with E-state index in [1.807, 2.05) is 31.2 Å². The van der Waals surface area contributed by atoms with E-state index in [0.717, 1.165) is 3.51 Å². The van der Waals surface area contributed by atoms with Gasteiger partial charge in [-0.05, 0) is 0 Å². The Morgan fingerprint density at radius 3 is 2.00 bits per heavy atom. The van der Waals surface area contributed by atoms with E-state index in [2.05, 4.69) is 0 Å². The van der Waals surface area contributed by atoms with E-state index in [4.69, 9.17) is 17.7 Å². The molecule has 0 saturated carbocycles. The van der Waals surface area contributed by atoms with Crippen molar-refractivity contribution in [2.24, 2.45) is 0 Å². The Bertz CT molecular complexity index is 205. The SMILES string of the molecule is Cc1cc[c]([Sb]([Cl])[Cl])cc1. The molecule has 1 aromatic rings. The van der Waals surface area contributed by atoms with Crippen LogP contribution in [-0.4, -0.2) is 17.9 Å². The van der Waals surface area contributed by atoms with Crippen LogP contribution < -0.4 is 3.51 Å². The van der Waals surface area contributed by atoms with Crippen molar-refractivity contribution >= 4 is 39.1 Å². The summed E-state index contributed by atoms with van der Waals surface area (Å²) in [5.41, 5.74) is 1.25. The summed E-state index contributed by atoms with van der Waals surface area (Å²) >= 11 is -1.99. The summed E-state index contributed by atoms with van der Waals surface area (Å²) in [7, 11) is 11.6. The van der Waals surface area contributed by atoms with Gasteiger partial charge in [0.15, 0.2) is 0 Å². The second-order valence-corrected chi connectivity index (χ2v) is 10.6. The molecule has 0 bridgehead atoms. The molecule has 0 aromatic heterocycles. The van der Waals surface area contributed by atoms with E-state index >= 15 is 0 Å². The van der Waals surface area contributed by atoms with Crippen LogP contribution >= 0.6 is 17.7 Å². The van der Waals surface area contributed by atoms with Gasteiger partial charge in [0, 0.05) is 0 Å². The Kier molecular flexibility index (Phi) is 3.36. The first-order valence-corrected chi connectivity index (χ1v) is 10.6. The summed E-state index contributed by atoms with van der Waals surface area (Å²) in [6, 6.07) is 8.10. The number of aryl methyl sites for hydroxylation is 1. The van der Waals surface area contributed by atoms with Crippen molar-refractivity contribution in [3.05, 3.63) is 29.8 Å². The Balaban J connectivity index is 2.89. The molecular weight excluding hydrogens is 277 g/mol. The number of halogens is 2. The van der Waals surface area contributed by atoms with E-state index in [9.17, 15) is 0 Å². The van der Waals surface area contributed by atoms with Crippen molar-refractivity contribution in [3.63, 3.8) is 0 Å². The molecule has 1 rings (SSSR count). The number of benzene rings is 1. The predicted molar refractivity (Wildman–Crippen MR) is 48.3 cm³/mol. The minimum atomic E-state index is -1.99. The zero-order chi connectivity index (χ0) is 7.56. The van der Waals surface area contributed by atoms with Crippen LogP contribution in [0.1, 0.15) is 5.56 Å². The first-order valence-electron chi connectivity index (χ1n) is 2.88. The summed E-state index contributed by atoms with van der Waals surface area (Å²) in [6.45, 7) is 2.05. The van der Waals surface area contributed by atoms with Crippen molar-refractivity contribution in [1.82, 2.24) is 0 Å². The van der Waals surface area contributed by atoms with Crippen molar-refractivity contribution in [2.45, 2.75) is 6.92 Å². The molecule has 54 valence electrons. The molecule has 0 fully saturated rings. The van der Waals surface area contributed by atoms with Gasteiger partial charge in [-0.15, -0.1) is 0 Å². The average Bonchev–Trinajstić information content (AvgIpc) is 1.88. The number of rotatable bonds is 1. The zero-order valence-electron chi connectivity index (χ0n) is 5.51. The average molecular weight is 284 g/mol. The zero-order valence-corrected chi connectivity index (χ0v) is 9.58. The third kappa shape index (κ3) is 2.34. The second kappa shape index (κ2) is 3.85. The van der Waals surface area contributed by atoms with Gasteiger partial charge in [0.1, 0.15) is 0 Å². The van der Waals surface area contributed by atoms with Gasteiger partial charge < -0.3 is 0 Å². The molecule has 0 spiro atoms. The second-order valence-electron chi connectivity index (χ2n) is 2.07. The van der Waals surface area contributed by atoms with Crippen LogP contribution in [-0.2, 0) is 0 Å². The van der Waals surface area contributed by atoms with Crippen LogP contribution in [0.4, 0.5) is 0 Å². The van der Waals surface area contributed by atoms with Crippen LogP contribution in [0.5, 0.6) is 0 Å². The topological polar surface area (TPSA) is 0 Å². The van der Waals surface area contributed by atoms with Crippen LogP contribution in [0.3, 0.4) is 0 Å². The molecule has 0 N–H and O–H groups in total. The van der Waals surface area contributed by atoms with Crippen molar-refractivity contribution in [1.29, 1.82) is 0 Å². The molecule has 1 aromatic carbocycles. The molecule has 0 radical (unpaired) electrons. The first kappa shape index (κ1) is 8.71. The van der Waals surface area contributed by atoms with Crippen LogP contribution in [0.2, 0.25) is 0 Å². The molecule has 0 saturated heterocycles. The molecule has 0 aliphatic heterocycles. The van der Waals surface area contributed by atoms with Gasteiger partial charge in [-0.25, -0.2) is 0 Å². The fourth-order valence-corrected chi connectivity index (χ4v) is 3.24. The van der Waals surface area contributed by atoms with Gasteiger partial charge in [-0.2, -0.15) is 0 Å². The molecule has 3 heteroatoms. The van der Waals surface area contributed by atoms with Gasteiger partial charge in [0.05, 0.1) is 0 Å². The fraction of sp³-hybridized carbons (Fsp3) is 0.143. The Morgan fingerprint density at radius 1 is 1.10 bits per heavy atom. The summed E-state index contributed by atoms with van der Waals surface area (Å²) in [4.78, 5) is 0. The standard InChI is InChI=1S/C7H7.2ClH.Sb/c1-7-5-3-2-4-6-7;;;/h3-6H,1H3;2*1H;/q;;;+2/p-2. The third-order valence-electron chi connectivity index (χ3n) is 1.23. The Morgan fingerprint density at radius 2 is 1.60 bits per heavy atom. The summed E-state index contributed by atoms with van der Waals surface area (Å²) in [6.07, 6.45) is 0. The van der Waals surface area contributed by atoms with Crippen molar-refractivity contribution < 1.29 is 0 Å². The molecule has 0 unspecified atom stereocenters. The van der Waals surface area contributed by atoms with Crippen molar-refractivity contribution in [3.8, 4) is 0 Å². The molecule has 0 heterocycles. The molecule has 0 aliphatic rings. The molecular formula is C7H7Cl2Sb. The minimum absolute atomic E-state index is 1.14. The normalized spacial score (nSPS) is 10.4. The monoisotopic (exact) mass is 282 g/mol. The Labute approximate surface area is 75.5 Å². The fourth-order valence-electron chi connectivity index (χ4n) is 0.657. The van der Waals surface area contributed by atoms with Crippen LogP contribution in [0, 0.1) is 6.92 Å². The number of hydrogen-bond donors (Lipinski definition) is 0. The third-order valence-corrected chi connectivity index (χ3v) is 5.81. The molecule has 0 nitrogen and oxygen atoms in total. The summed E-state index contributed by atoms with van der Waals surface area (Å²) in [5, 5.41) is 0. The first-order chi connectivity index (χ1) is 4.70. The molecule has 10 heavy (non-hydrogen) atoms. The van der Waals surface area contributed by atoms with Gasteiger partial charge >= 0.3 is 75.8 Å². The molecule has 0 amide bonds. The van der Waals surface area contributed by atoms with Crippen LogP contribution in [0.25, 0.3) is 0 Å².